The second kappa shape index (κ2) is 5.42. The maximum absolute atomic E-state index is 11.4. The summed E-state index contributed by atoms with van der Waals surface area (Å²) in [4.78, 5) is 19.8. The number of hydrogen-bond donors (Lipinski definition) is 2. The number of nitrogens with zero attached hydrogens (tertiary/aromatic N) is 2. The van der Waals surface area contributed by atoms with Gasteiger partial charge in [-0.15, -0.1) is 0 Å². The lowest BCUT2D eigenvalue weighted by molar-refractivity contribution is 0.100. The van der Waals surface area contributed by atoms with E-state index in [-0.39, 0.29) is 6.10 Å². The third kappa shape index (κ3) is 2.42. The van der Waals surface area contributed by atoms with Crippen LogP contribution >= 0.6 is 0 Å². The predicted molar refractivity (Wildman–Crippen MR) is 75.5 cm³/mol. The number of aromatic nitrogens is 2. The van der Waals surface area contributed by atoms with Crippen LogP contribution in [0.15, 0.2) is 24.5 Å². The summed E-state index contributed by atoms with van der Waals surface area (Å²) in [5.41, 5.74) is 6.35. The van der Waals surface area contributed by atoms with Crippen LogP contribution in [-0.2, 0) is 4.74 Å². The standard InChI is InChI=1S/C14H16N4O2/c15-13(19)10-4-1-5-11-12(10)17-8-18-14(11)16-7-9-3-2-6-20-9/h1,4-5,8-9H,2-3,6-7H2,(H2,15,19)(H,16,17,18). The van der Waals surface area contributed by atoms with Crippen LogP contribution < -0.4 is 11.1 Å². The van der Waals surface area contributed by atoms with E-state index in [1.807, 2.05) is 6.07 Å². The number of carbonyl (C=O) groups is 1. The first-order chi connectivity index (χ1) is 9.75. The highest BCUT2D eigenvalue weighted by molar-refractivity contribution is 6.06. The number of anilines is 1. The molecule has 6 nitrogen and oxygen atoms in total. The molecule has 2 aromatic rings. The molecule has 0 radical (unpaired) electrons. The van der Waals surface area contributed by atoms with E-state index in [1.165, 1.54) is 6.33 Å². The lowest BCUT2D eigenvalue weighted by Crippen LogP contribution is -2.19. The quantitative estimate of drug-likeness (QED) is 0.876. The van der Waals surface area contributed by atoms with Crippen LogP contribution in [0.4, 0.5) is 5.82 Å². The van der Waals surface area contributed by atoms with Gasteiger partial charge < -0.3 is 15.8 Å². The number of ether oxygens (including phenoxy) is 1. The first kappa shape index (κ1) is 12.8. The number of primary amides is 1. The predicted octanol–water partition coefficient (Wildman–Crippen LogP) is 1.32. The first-order valence-corrected chi connectivity index (χ1v) is 6.64. The van der Waals surface area contributed by atoms with Gasteiger partial charge in [0.1, 0.15) is 12.1 Å². The molecule has 1 amide bonds. The van der Waals surface area contributed by atoms with E-state index in [0.717, 1.165) is 24.8 Å². The summed E-state index contributed by atoms with van der Waals surface area (Å²) in [6.45, 7) is 1.52. The van der Waals surface area contributed by atoms with Crippen molar-refractivity contribution in [1.82, 2.24) is 9.97 Å². The summed E-state index contributed by atoms with van der Waals surface area (Å²) in [6.07, 6.45) is 3.82. The van der Waals surface area contributed by atoms with Gasteiger partial charge in [-0.25, -0.2) is 9.97 Å². The van der Waals surface area contributed by atoms with E-state index in [1.54, 1.807) is 12.1 Å². The van der Waals surface area contributed by atoms with Crippen LogP contribution in [0.25, 0.3) is 10.9 Å². The highest BCUT2D eigenvalue weighted by Gasteiger charge is 2.16. The molecule has 0 bridgehead atoms. The normalized spacial score (nSPS) is 18.3. The first-order valence-electron chi connectivity index (χ1n) is 6.64. The molecule has 3 N–H and O–H groups in total. The van der Waals surface area contributed by atoms with Gasteiger partial charge in [0, 0.05) is 18.5 Å². The number of nitrogens with two attached hydrogens (primary N) is 1. The lowest BCUT2D eigenvalue weighted by atomic mass is 10.1. The van der Waals surface area contributed by atoms with Crippen LogP contribution in [0.1, 0.15) is 23.2 Å². The zero-order chi connectivity index (χ0) is 13.9. The molecule has 1 aliphatic heterocycles. The monoisotopic (exact) mass is 272 g/mol. The summed E-state index contributed by atoms with van der Waals surface area (Å²) in [6, 6.07) is 5.32. The Labute approximate surface area is 116 Å². The van der Waals surface area contributed by atoms with Gasteiger partial charge in [0.2, 0.25) is 0 Å². The van der Waals surface area contributed by atoms with Crippen molar-refractivity contribution in [2.75, 3.05) is 18.5 Å². The number of para-hydroxylation sites is 1. The van der Waals surface area contributed by atoms with Crippen LogP contribution in [0.5, 0.6) is 0 Å². The molecular weight excluding hydrogens is 256 g/mol. The van der Waals surface area contributed by atoms with Crippen molar-refractivity contribution in [1.29, 1.82) is 0 Å². The van der Waals surface area contributed by atoms with Crippen LogP contribution in [-0.4, -0.2) is 35.1 Å². The maximum Gasteiger partial charge on any atom is 0.250 e. The number of rotatable bonds is 4. The third-order valence-electron chi connectivity index (χ3n) is 3.45. The Balaban J connectivity index is 1.90. The molecule has 1 aliphatic rings. The number of amides is 1. The Kier molecular flexibility index (Phi) is 3.47. The molecule has 0 spiro atoms. The van der Waals surface area contributed by atoms with Crippen molar-refractivity contribution in [3.05, 3.63) is 30.1 Å². The van der Waals surface area contributed by atoms with E-state index in [9.17, 15) is 4.79 Å². The van der Waals surface area contributed by atoms with Crippen molar-refractivity contribution >= 4 is 22.6 Å². The molecule has 1 saturated heterocycles. The molecule has 104 valence electrons. The third-order valence-corrected chi connectivity index (χ3v) is 3.45. The van der Waals surface area contributed by atoms with E-state index in [2.05, 4.69) is 15.3 Å². The number of fused-ring (bicyclic) bond motifs is 1. The Morgan fingerprint density at radius 3 is 3.10 bits per heavy atom. The Morgan fingerprint density at radius 1 is 1.45 bits per heavy atom. The fourth-order valence-corrected chi connectivity index (χ4v) is 2.44. The van der Waals surface area contributed by atoms with Gasteiger partial charge in [0.25, 0.3) is 5.91 Å². The molecule has 1 aromatic carbocycles. The highest BCUT2D eigenvalue weighted by Crippen LogP contribution is 2.22. The topological polar surface area (TPSA) is 90.1 Å². The van der Waals surface area contributed by atoms with Crippen molar-refractivity contribution in [3.8, 4) is 0 Å². The molecule has 3 rings (SSSR count). The fourth-order valence-electron chi connectivity index (χ4n) is 2.44. The van der Waals surface area contributed by atoms with Gasteiger partial charge in [-0.2, -0.15) is 0 Å². The summed E-state index contributed by atoms with van der Waals surface area (Å²) in [5, 5.41) is 4.06. The van der Waals surface area contributed by atoms with Crippen LogP contribution in [0.3, 0.4) is 0 Å². The van der Waals surface area contributed by atoms with Gasteiger partial charge in [-0.05, 0) is 25.0 Å². The summed E-state index contributed by atoms with van der Waals surface area (Å²) < 4.78 is 5.57. The van der Waals surface area contributed by atoms with Gasteiger partial charge in [0.15, 0.2) is 0 Å². The molecule has 1 fully saturated rings. The van der Waals surface area contributed by atoms with E-state index in [0.29, 0.717) is 23.4 Å². The summed E-state index contributed by atoms with van der Waals surface area (Å²) in [7, 11) is 0. The van der Waals surface area contributed by atoms with Crippen molar-refractivity contribution in [2.45, 2.75) is 18.9 Å². The Hall–Kier alpha value is -2.21. The highest BCUT2D eigenvalue weighted by atomic mass is 16.5. The van der Waals surface area contributed by atoms with Crippen LogP contribution in [0, 0.1) is 0 Å². The molecule has 2 heterocycles. The fraction of sp³-hybridized carbons (Fsp3) is 0.357. The summed E-state index contributed by atoms with van der Waals surface area (Å²) in [5.74, 6) is 0.216. The van der Waals surface area contributed by atoms with Crippen molar-refractivity contribution in [2.24, 2.45) is 5.73 Å². The zero-order valence-electron chi connectivity index (χ0n) is 11.0. The second-order valence-electron chi connectivity index (χ2n) is 4.80. The van der Waals surface area contributed by atoms with Crippen LogP contribution in [0.2, 0.25) is 0 Å². The molecule has 20 heavy (non-hydrogen) atoms. The second-order valence-corrected chi connectivity index (χ2v) is 4.80. The Bertz CT molecular complexity index is 638. The van der Waals surface area contributed by atoms with E-state index in [4.69, 9.17) is 10.5 Å². The SMILES string of the molecule is NC(=O)c1cccc2c(NCC3CCCO3)ncnc12. The van der Waals surface area contributed by atoms with E-state index >= 15 is 0 Å². The zero-order valence-corrected chi connectivity index (χ0v) is 11.0. The van der Waals surface area contributed by atoms with Crippen molar-refractivity contribution < 1.29 is 9.53 Å². The average molecular weight is 272 g/mol. The molecule has 0 saturated carbocycles. The van der Waals surface area contributed by atoms with Crippen molar-refractivity contribution in [3.63, 3.8) is 0 Å². The van der Waals surface area contributed by atoms with Gasteiger partial charge >= 0.3 is 0 Å². The Morgan fingerprint density at radius 2 is 2.35 bits per heavy atom. The molecule has 0 aliphatic carbocycles. The minimum atomic E-state index is -0.487. The lowest BCUT2D eigenvalue weighted by Gasteiger charge is -2.13. The average Bonchev–Trinajstić information content (AvgIpc) is 2.97. The minimum Gasteiger partial charge on any atom is -0.376 e. The number of carbonyl (C=O) groups excluding carboxylic acids is 1. The van der Waals surface area contributed by atoms with Gasteiger partial charge in [-0.1, -0.05) is 6.07 Å². The number of hydrogen-bond acceptors (Lipinski definition) is 5. The maximum atomic E-state index is 11.4. The number of benzene rings is 1. The van der Waals surface area contributed by atoms with Gasteiger partial charge in [0.05, 0.1) is 17.2 Å². The molecular formula is C14H16N4O2. The van der Waals surface area contributed by atoms with E-state index < -0.39 is 5.91 Å². The number of nitrogens with one attached hydrogen (secondary N) is 1. The smallest absolute Gasteiger partial charge is 0.250 e. The molecule has 1 atom stereocenters. The molecule has 6 heteroatoms. The largest absolute Gasteiger partial charge is 0.376 e. The summed E-state index contributed by atoms with van der Waals surface area (Å²) >= 11 is 0. The molecule has 1 unspecified atom stereocenters. The minimum absolute atomic E-state index is 0.222. The molecule has 1 aromatic heterocycles. The van der Waals surface area contributed by atoms with Gasteiger partial charge in [-0.3, -0.25) is 4.79 Å².